The van der Waals surface area contributed by atoms with Crippen LogP contribution in [0.15, 0.2) is 10.9 Å². The minimum absolute atomic E-state index is 0.0377. The summed E-state index contributed by atoms with van der Waals surface area (Å²) in [6.07, 6.45) is 0.945. The molecule has 1 aromatic heterocycles. The third-order valence-electron chi connectivity index (χ3n) is 3.61. The van der Waals surface area contributed by atoms with E-state index in [2.05, 4.69) is 4.98 Å². The molecule has 106 valence electrons. The third kappa shape index (κ3) is 3.76. The van der Waals surface area contributed by atoms with Crippen LogP contribution in [0.4, 0.5) is 0 Å². The number of aliphatic carboxylic acids is 1. The van der Waals surface area contributed by atoms with Crippen molar-refractivity contribution in [1.29, 1.82) is 0 Å². The topological polar surface area (TPSA) is 70.5 Å². The van der Waals surface area contributed by atoms with Crippen molar-refractivity contribution < 1.29 is 14.7 Å². The number of carboxylic acids is 1. The Labute approximate surface area is 117 Å². The fraction of sp³-hybridized carbons (Fsp3) is 0.615. The van der Waals surface area contributed by atoms with Crippen LogP contribution in [0, 0.1) is 5.41 Å². The molecule has 0 fully saturated rings. The van der Waals surface area contributed by atoms with E-state index in [4.69, 9.17) is 0 Å². The second-order valence-electron chi connectivity index (χ2n) is 4.70. The summed E-state index contributed by atoms with van der Waals surface area (Å²) >= 11 is 1.48. The van der Waals surface area contributed by atoms with Crippen molar-refractivity contribution in [3.8, 4) is 0 Å². The maximum atomic E-state index is 12.1. The quantitative estimate of drug-likeness (QED) is 0.834. The van der Waals surface area contributed by atoms with Gasteiger partial charge in [-0.25, -0.2) is 4.98 Å². The molecule has 0 aliphatic carbocycles. The van der Waals surface area contributed by atoms with Gasteiger partial charge in [-0.3, -0.25) is 9.59 Å². The van der Waals surface area contributed by atoms with Crippen LogP contribution >= 0.6 is 11.3 Å². The van der Waals surface area contributed by atoms with Gasteiger partial charge in [0.05, 0.1) is 23.2 Å². The zero-order chi connectivity index (χ0) is 14.5. The summed E-state index contributed by atoms with van der Waals surface area (Å²) in [5.41, 5.74) is 1.59. The molecule has 0 spiro atoms. The Balaban J connectivity index is 2.69. The van der Waals surface area contributed by atoms with Gasteiger partial charge in [0.25, 0.3) is 0 Å². The monoisotopic (exact) mass is 284 g/mol. The lowest BCUT2D eigenvalue weighted by molar-refractivity contribution is -0.154. The molecule has 1 amide bonds. The van der Waals surface area contributed by atoms with E-state index in [-0.39, 0.29) is 12.3 Å². The van der Waals surface area contributed by atoms with Gasteiger partial charge >= 0.3 is 5.97 Å². The van der Waals surface area contributed by atoms with Crippen molar-refractivity contribution in [3.05, 3.63) is 16.6 Å². The number of amides is 1. The molecule has 0 atom stereocenters. The molecule has 6 heteroatoms. The van der Waals surface area contributed by atoms with E-state index < -0.39 is 11.4 Å². The number of nitrogens with zero attached hydrogens (tertiary/aromatic N) is 2. The highest BCUT2D eigenvalue weighted by Gasteiger charge is 2.37. The second kappa shape index (κ2) is 6.65. The lowest BCUT2D eigenvalue weighted by Crippen LogP contribution is -2.37. The summed E-state index contributed by atoms with van der Waals surface area (Å²) in [4.78, 5) is 29.2. The normalized spacial score (nSPS) is 11.3. The van der Waals surface area contributed by atoms with Crippen molar-refractivity contribution in [3.63, 3.8) is 0 Å². The number of aromatic nitrogens is 1. The number of thiazole rings is 1. The zero-order valence-corrected chi connectivity index (χ0v) is 12.4. The van der Waals surface area contributed by atoms with Crippen molar-refractivity contribution in [1.82, 2.24) is 9.88 Å². The summed E-state index contributed by atoms with van der Waals surface area (Å²) in [5, 5.41) is 11.2. The Kier molecular flexibility index (Phi) is 5.47. The standard InChI is InChI=1S/C13H20N2O3S/c1-4-13(5-2,12(17)18)6-11(16)15(3)7-10-8-19-9-14-10/h8-9H,4-7H2,1-3H3,(H,17,18). The van der Waals surface area contributed by atoms with Crippen LogP contribution < -0.4 is 0 Å². The van der Waals surface area contributed by atoms with Crippen LogP contribution in [0.5, 0.6) is 0 Å². The Morgan fingerprint density at radius 1 is 1.42 bits per heavy atom. The molecule has 0 aliphatic heterocycles. The third-order valence-corrected chi connectivity index (χ3v) is 4.24. The maximum Gasteiger partial charge on any atom is 0.310 e. The maximum absolute atomic E-state index is 12.1. The number of rotatable bonds is 7. The van der Waals surface area contributed by atoms with Crippen molar-refractivity contribution in [2.75, 3.05) is 7.05 Å². The molecule has 0 radical (unpaired) electrons. The molecule has 19 heavy (non-hydrogen) atoms. The Hall–Kier alpha value is -1.43. The molecular weight excluding hydrogens is 264 g/mol. The number of carbonyl (C=O) groups excluding carboxylic acids is 1. The molecule has 0 saturated heterocycles. The average Bonchev–Trinajstić information content (AvgIpc) is 2.88. The van der Waals surface area contributed by atoms with Gasteiger partial charge in [0.2, 0.25) is 5.91 Å². The van der Waals surface area contributed by atoms with Gasteiger partial charge in [-0.1, -0.05) is 13.8 Å². The van der Waals surface area contributed by atoms with Gasteiger partial charge in [0.15, 0.2) is 0 Å². The molecular formula is C13H20N2O3S. The first-order chi connectivity index (χ1) is 8.95. The summed E-state index contributed by atoms with van der Waals surface area (Å²) in [6, 6.07) is 0. The number of hydrogen-bond donors (Lipinski definition) is 1. The first-order valence-electron chi connectivity index (χ1n) is 6.29. The van der Waals surface area contributed by atoms with Crippen LogP contribution in [-0.4, -0.2) is 33.9 Å². The van der Waals surface area contributed by atoms with Crippen molar-refractivity contribution >= 4 is 23.2 Å². The first kappa shape index (κ1) is 15.6. The summed E-state index contributed by atoms with van der Waals surface area (Å²) < 4.78 is 0. The first-order valence-corrected chi connectivity index (χ1v) is 7.24. The van der Waals surface area contributed by atoms with Crippen LogP contribution in [0.25, 0.3) is 0 Å². The van der Waals surface area contributed by atoms with Gasteiger partial charge < -0.3 is 10.0 Å². The molecule has 0 aliphatic rings. The lowest BCUT2D eigenvalue weighted by atomic mass is 9.79. The lowest BCUT2D eigenvalue weighted by Gasteiger charge is -2.28. The molecule has 1 heterocycles. The van der Waals surface area contributed by atoms with Crippen molar-refractivity contribution in [2.24, 2.45) is 5.41 Å². The molecule has 5 nitrogen and oxygen atoms in total. The molecule has 1 aromatic rings. The highest BCUT2D eigenvalue weighted by atomic mass is 32.1. The van der Waals surface area contributed by atoms with Crippen molar-refractivity contribution in [2.45, 2.75) is 39.7 Å². The van der Waals surface area contributed by atoms with Gasteiger partial charge in [-0.2, -0.15) is 0 Å². The van der Waals surface area contributed by atoms with Gasteiger partial charge in [-0.15, -0.1) is 11.3 Å². The second-order valence-corrected chi connectivity index (χ2v) is 5.42. The molecule has 1 rings (SSSR count). The van der Waals surface area contributed by atoms with E-state index >= 15 is 0 Å². The van der Waals surface area contributed by atoms with Crippen LogP contribution in [0.1, 0.15) is 38.8 Å². The van der Waals surface area contributed by atoms with Crippen LogP contribution in [0.2, 0.25) is 0 Å². The Morgan fingerprint density at radius 3 is 2.47 bits per heavy atom. The van der Waals surface area contributed by atoms with E-state index in [0.717, 1.165) is 5.69 Å². The van der Waals surface area contributed by atoms with Gasteiger partial charge in [0.1, 0.15) is 0 Å². The molecule has 0 aromatic carbocycles. The van der Waals surface area contributed by atoms with E-state index in [0.29, 0.717) is 19.4 Å². The highest BCUT2D eigenvalue weighted by molar-refractivity contribution is 7.07. The summed E-state index contributed by atoms with van der Waals surface area (Å²) in [7, 11) is 1.68. The minimum atomic E-state index is -0.951. The van der Waals surface area contributed by atoms with Crippen LogP contribution in [0.3, 0.4) is 0 Å². The number of carbonyl (C=O) groups is 2. The predicted octanol–water partition coefficient (Wildman–Crippen LogP) is 2.38. The van der Waals surface area contributed by atoms with E-state index in [1.807, 2.05) is 19.2 Å². The van der Waals surface area contributed by atoms with Gasteiger partial charge in [0, 0.05) is 18.8 Å². The number of hydrogen-bond acceptors (Lipinski definition) is 4. The SMILES string of the molecule is CCC(CC)(CC(=O)N(C)Cc1cscn1)C(=O)O. The fourth-order valence-electron chi connectivity index (χ4n) is 1.95. The minimum Gasteiger partial charge on any atom is -0.481 e. The highest BCUT2D eigenvalue weighted by Crippen LogP contribution is 2.31. The van der Waals surface area contributed by atoms with Gasteiger partial charge in [-0.05, 0) is 12.8 Å². The van der Waals surface area contributed by atoms with E-state index in [9.17, 15) is 14.7 Å². The molecule has 1 N–H and O–H groups in total. The largest absolute Gasteiger partial charge is 0.481 e. The smallest absolute Gasteiger partial charge is 0.310 e. The fourth-order valence-corrected chi connectivity index (χ4v) is 2.50. The van der Waals surface area contributed by atoms with Crippen LogP contribution in [-0.2, 0) is 16.1 Å². The predicted molar refractivity (Wildman–Crippen MR) is 73.9 cm³/mol. The molecule has 0 bridgehead atoms. The number of carboxylic acid groups (broad SMARTS) is 1. The van der Waals surface area contributed by atoms with E-state index in [1.165, 1.54) is 16.2 Å². The molecule has 0 unspecified atom stereocenters. The average molecular weight is 284 g/mol. The Bertz CT molecular complexity index is 427. The van der Waals surface area contributed by atoms with E-state index in [1.54, 1.807) is 12.6 Å². The molecule has 0 saturated carbocycles. The zero-order valence-electron chi connectivity index (χ0n) is 11.5. The Morgan fingerprint density at radius 2 is 2.05 bits per heavy atom. The summed E-state index contributed by atoms with van der Waals surface area (Å²) in [6.45, 7) is 4.04. The summed E-state index contributed by atoms with van der Waals surface area (Å²) in [5.74, 6) is -1.05.